The van der Waals surface area contributed by atoms with Gasteiger partial charge in [0.05, 0.1) is 17.4 Å². The number of amidine groups is 1. The number of halogens is 1. The van der Waals surface area contributed by atoms with Crippen LogP contribution in [0.5, 0.6) is 0 Å². The predicted molar refractivity (Wildman–Crippen MR) is 88.7 cm³/mol. The molecule has 7 nitrogen and oxygen atoms in total. The van der Waals surface area contributed by atoms with Crippen LogP contribution in [-0.2, 0) is 10.0 Å². The van der Waals surface area contributed by atoms with E-state index in [2.05, 4.69) is 19.9 Å². The smallest absolute Gasteiger partial charge is 0.257 e. The Morgan fingerprint density at radius 1 is 1.45 bits per heavy atom. The van der Waals surface area contributed by atoms with E-state index in [0.29, 0.717) is 17.4 Å². The Hall–Kier alpha value is -1.45. The van der Waals surface area contributed by atoms with Gasteiger partial charge in [-0.15, -0.1) is 0 Å². The van der Waals surface area contributed by atoms with E-state index in [1.807, 2.05) is 0 Å². The lowest BCUT2D eigenvalue weighted by Crippen LogP contribution is -2.44. The van der Waals surface area contributed by atoms with Crippen LogP contribution in [0.25, 0.3) is 10.9 Å². The number of H-pyrrole nitrogens is 1. The van der Waals surface area contributed by atoms with E-state index in [0.717, 1.165) is 16.7 Å². The van der Waals surface area contributed by atoms with E-state index in [4.69, 9.17) is 11.6 Å². The lowest BCUT2D eigenvalue weighted by Gasteiger charge is -2.24. The van der Waals surface area contributed by atoms with Crippen molar-refractivity contribution in [2.45, 2.75) is 10.9 Å². The molecular formula is C12H12ClN5O2S2. The summed E-state index contributed by atoms with van der Waals surface area (Å²) in [5, 5.41) is 7.48. The van der Waals surface area contributed by atoms with Crippen molar-refractivity contribution in [3.8, 4) is 0 Å². The molecule has 2 aromatic rings. The molecule has 0 radical (unpaired) electrons. The molecule has 1 aromatic carbocycles. The van der Waals surface area contributed by atoms with Crippen molar-refractivity contribution in [3.05, 3.63) is 24.4 Å². The van der Waals surface area contributed by atoms with Crippen LogP contribution in [0.15, 0.2) is 29.4 Å². The molecule has 2 aliphatic rings. The fourth-order valence-electron chi connectivity index (χ4n) is 2.62. The van der Waals surface area contributed by atoms with Gasteiger partial charge in [0.15, 0.2) is 16.0 Å². The normalized spacial score (nSPS) is 24.6. The lowest BCUT2D eigenvalue weighted by atomic mass is 10.2. The van der Waals surface area contributed by atoms with Crippen LogP contribution in [0.4, 0.5) is 5.69 Å². The second kappa shape index (κ2) is 5.04. The molecular weight excluding hydrogens is 346 g/mol. The highest BCUT2D eigenvalue weighted by atomic mass is 35.5. The SMILES string of the molecule is O=S(=O)(Nc1ccc2cn[nH]c2c1)C1C(Cl)N=C2SCCN21. The maximum Gasteiger partial charge on any atom is 0.257 e. The molecule has 0 amide bonds. The van der Waals surface area contributed by atoms with Crippen LogP contribution in [0.2, 0.25) is 0 Å². The molecule has 1 saturated heterocycles. The first-order valence-corrected chi connectivity index (χ1v) is 9.57. The van der Waals surface area contributed by atoms with Gasteiger partial charge in [0.2, 0.25) is 0 Å². The predicted octanol–water partition coefficient (Wildman–Crippen LogP) is 1.61. The third-order valence-corrected chi connectivity index (χ3v) is 6.74. The highest BCUT2D eigenvalue weighted by Crippen LogP contribution is 2.34. The topological polar surface area (TPSA) is 90.4 Å². The number of fused-ring (bicyclic) bond motifs is 2. The monoisotopic (exact) mass is 357 g/mol. The number of hydrogen-bond donors (Lipinski definition) is 2. The van der Waals surface area contributed by atoms with E-state index in [-0.39, 0.29) is 0 Å². The van der Waals surface area contributed by atoms with Gasteiger partial charge in [0, 0.05) is 17.7 Å². The standard InChI is InChI=1S/C12H12ClN5O2S2/c13-10-11(18-3-4-21-12(18)15-10)22(19,20)17-8-2-1-7-6-14-16-9(7)5-8/h1-2,5-6,10-11,17H,3-4H2,(H,14,16). The summed E-state index contributed by atoms with van der Waals surface area (Å²) in [6.07, 6.45) is 1.68. The molecule has 22 heavy (non-hydrogen) atoms. The summed E-state index contributed by atoms with van der Waals surface area (Å²) in [6, 6.07) is 5.21. The summed E-state index contributed by atoms with van der Waals surface area (Å²) in [6.45, 7) is 0.637. The zero-order valence-corrected chi connectivity index (χ0v) is 13.6. The van der Waals surface area contributed by atoms with Gasteiger partial charge in [-0.3, -0.25) is 9.82 Å². The summed E-state index contributed by atoms with van der Waals surface area (Å²) >= 11 is 7.66. The van der Waals surface area contributed by atoms with Crippen molar-refractivity contribution in [3.63, 3.8) is 0 Å². The second-order valence-electron chi connectivity index (χ2n) is 5.04. The third-order valence-electron chi connectivity index (χ3n) is 3.61. The van der Waals surface area contributed by atoms with Gasteiger partial charge >= 0.3 is 0 Å². The Labute approximate surface area is 136 Å². The van der Waals surface area contributed by atoms with Gasteiger partial charge in [0.25, 0.3) is 10.0 Å². The Morgan fingerprint density at radius 2 is 2.32 bits per heavy atom. The molecule has 116 valence electrons. The zero-order valence-electron chi connectivity index (χ0n) is 11.2. The molecule has 4 rings (SSSR count). The molecule has 1 fully saturated rings. The van der Waals surface area contributed by atoms with Gasteiger partial charge in [-0.05, 0) is 18.2 Å². The van der Waals surface area contributed by atoms with Crippen LogP contribution in [0.3, 0.4) is 0 Å². The molecule has 2 N–H and O–H groups in total. The van der Waals surface area contributed by atoms with Gasteiger partial charge in [-0.25, -0.2) is 13.4 Å². The van der Waals surface area contributed by atoms with Gasteiger partial charge in [0.1, 0.15) is 0 Å². The van der Waals surface area contributed by atoms with Crippen molar-refractivity contribution < 1.29 is 8.42 Å². The number of hydrogen-bond acceptors (Lipinski definition) is 6. The number of aromatic nitrogens is 2. The minimum Gasteiger partial charge on any atom is -0.329 e. The summed E-state index contributed by atoms with van der Waals surface area (Å²) < 4.78 is 28.0. The Balaban J connectivity index is 1.63. The maximum atomic E-state index is 12.7. The van der Waals surface area contributed by atoms with Crippen molar-refractivity contribution in [1.82, 2.24) is 15.1 Å². The first kappa shape index (κ1) is 14.2. The van der Waals surface area contributed by atoms with E-state index in [9.17, 15) is 8.42 Å². The molecule has 10 heteroatoms. The van der Waals surface area contributed by atoms with Crippen molar-refractivity contribution in [1.29, 1.82) is 0 Å². The van der Waals surface area contributed by atoms with Gasteiger partial charge in [-0.2, -0.15) is 5.10 Å². The largest absolute Gasteiger partial charge is 0.329 e. The fourth-order valence-corrected chi connectivity index (χ4v) is 5.88. The van der Waals surface area contributed by atoms with Crippen molar-refractivity contribution >= 4 is 55.1 Å². The molecule has 2 aliphatic heterocycles. The average molecular weight is 358 g/mol. The lowest BCUT2D eigenvalue weighted by molar-refractivity contribution is 0.431. The number of aromatic amines is 1. The quantitative estimate of drug-likeness (QED) is 0.643. The number of aliphatic imine (C=N–C) groups is 1. The number of rotatable bonds is 3. The highest BCUT2D eigenvalue weighted by Gasteiger charge is 2.46. The number of thioether (sulfide) groups is 1. The number of nitrogens with zero attached hydrogens (tertiary/aromatic N) is 3. The first-order chi connectivity index (χ1) is 10.5. The van der Waals surface area contributed by atoms with Gasteiger partial charge < -0.3 is 4.90 Å². The molecule has 2 unspecified atom stereocenters. The van der Waals surface area contributed by atoms with Crippen LogP contribution in [-0.4, -0.2) is 51.9 Å². The highest BCUT2D eigenvalue weighted by molar-refractivity contribution is 8.14. The maximum absolute atomic E-state index is 12.7. The summed E-state index contributed by atoms with van der Waals surface area (Å²) in [5.41, 5.74) is 0.444. The van der Waals surface area contributed by atoms with Crippen molar-refractivity contribution in [2.24, 2.45) is 4.99 Å². The van der Waals surface area contributed by atoms with Crippen LogP contribution >= 0.6 is 23.4 Å². The molecule has 2 atom stereocenters. The molecule has 0 saturated carbocycles. The molecule has 1 aromatic heterocycles. The van der Waals surface area contributed by atoms with E-state index in [1.54, 1.807) is 29.3 Å². The van der Waals surface area contributed by atoms with E-state index >= 15 is 0 Å². The summed E-state index contributed by atoms with van der Waals surface area (Å²) in [4.78, 5) is 5.97. The number of sulfonamides is 1. The molecule has 3 heterocycles. The Morgan fingerprint density at radius 3 is 3.18 bits per heavy atom. The number of alkyl halides is 1. The molecule has 0 spiro atoms. The van der Waals surface area contributed by atoms with Crippen molar-refractivity contribution in [2.75, 3.05) is 17.0 Å². The third kappa shape index (κ3) is 2.24. The second-order valence-corrected chi connectivity index (χ2v) is 8.32. The summed E-state index contributed by atoms with van der Waals surface area (Å²) in [5.74, 6) is 0.828. The number of benzene rings is 1. The fraction of sp³-hybridized carbons (Fsp3) is 0.333. The minimum atomic E-state index is -3.69. The molecule has 0 aliphatic carbocycles. The van der Waals surface area contributed by atoms with Crippen LogP contribution < -0.4 is 4.72 Å². The number of nitrogens with one attached hydrogen (secondary N) is 2. The van der Waals surface area contributed by atoms with Crippen LogP contribution in [0.1, 0.15) is 0 Å². The Kier molecular flexibility index (Phi) is 3.24. The average Bonchev–Trinajstić information content (AvgIpc) is 3.11. The van der Waals surface area contributed by atoms with E-state index in [1.165, 1.54) is 11.8 Å². The Bertz CT molecular complexity index is 865. The number of anilines is 1. The van der Waals surface area contributed by atoms with Gasteiger partial charge in [-0.1, -0.05) is 23.4 Å². The van der Waals surface area contributed by atoms with Crippen LogP contribution in [0, 0.1) is 0 Å². The minimum absolute atomic E-state index is 0.473. The zero-order chi connectivity index (χ0) is 15.3. The van der Waals surface area contributed by atoms with E-state index < -0.39 is 20.9 Å². The summed E-state index contributed by atoms with van der Waals surface area (Å²) in [7, 11) is -3.69. The molecule has 0 bridgehead atoms. The first-order valence-electron chi connectivity index (χ1n) is 6.61.